The second-order valence-corrected chi connectivity index (χ2v) is 43.3. The average Bonchev–Trinajstić information content (AvgIpc) is 0.935. The first kappa shape index (κ1) is 117. The van der Waals surface area contributed by atoms with Gasteiger partial charge in [0, 0.05) is 144 Å². The molecule has 4 aromatic rings. The summed E-state index contributed by atoms with van der Waals surface area (Å²) in [5.41, 5.74) is 10.9. The second kappa shape index (κ2) is 51.4. The second-order valence-electron chi connectivity index (χ2n) is 43.3. The molecule has 38 nitrogen and oxygen atoms in total. The number of carbonyl (C=O) groups is 2. The number of carbonyl (C=O) groups excluding carboxylic acids is 2. The highest BCUT2D eigenvalue weighted by Gasteiger charge is 2.57. The number of unbranched alkanes of at least 4 members (excludes halogenated alkanes) is 2. The molecule has 12 N–H and O–H groups in total. The molecule has 2 aromatic heterocycles. The average molecular weight is 1980 g/mol. The lowest BCUT2D eigenvalue weighted by Gasteiger charge is -2.49. The Morgan fingerprint density at radius 1 is 0.514 bits per heavy atom. The number of benzene rings is 2. The third-order valence-electron chi connectivity index (χ3n) is 31.1. The van der Waals surface area contributed by atoms with Crippen LogP contribution in [0.25, 0.3) is 10.4 Å². The molecule has 2 aromatic carbocycles. The van der Waals surface area contributed by atoms with Crippen LogP contribution in [0, 0.1) is 35.5 Å². The molecule has 36 atom stereocenters. The number of likely N-dealkylation sites (N-methyl/N-ethyl adjacent to an activating group) is 4. The van der Waals surface area contributed by atoms with Crippen molar-refractivity contribution in [2.24, 2.45) is 40.6 Å². The zero-order valence-corrected chi connectivity index (χ0v) is 88.2. The van der Waals surface area contributed by atoms with Crippen molar-refractivity contribution >= 4 is 23.3 Å². The van der Waals surface area contributed by atoms with Gasteiger partial charge in [-0.2, -0.15) is 0 Å². The predicted molar refractivity (Wildman–Crippen MR) is 526 cm³/mol. The van der Waals surface area contributed by atoms with Crippen molar-refractivity contribution in [2.45, 2.75) is 435 Å². The van der Waals surface area contributed by atoms with E-state index in [4.69, 9.17) is 68.1 Å². The molecule has 6 saturated heterocycles. The molecule has 0 unspecified atom stereocenters. The van der Waals surface area contributed by atoms with Crippen molar-refractivity contribution < 1.29 is 117 Å². The Labute approximate surface area is 830 Å². The number of aromatic nitrogens is 6. The molecule has 38 heteroatoms. The van der Waals surface area contributed by atoms with E-state index in [2.05, 4.69) is 52.6 Å². The number of anilines is 1. The van der Waals surface area contributed by atoms with Gasteiger partial charge >= 0.3 is 11.9 Å². The van der Waals surface area contributed by atoms with E-state index in [-0.39, 0.29) is 68.6 Å². The van der Waals surface area contributed by atoms with Gasteiger partial charge in [0.15, 0.2) is 25.2 Å². The summed E-state index contributed by atoms with van der Waals surface area (Å²) in [6.07, 6.45) is -7.04. The van der Waals surface area contributed by atoms with Gasteiger partial charge in [-0.15, -0.1) is 10.2 Å². The van der Waals surface area contributed by atoms with E-state index >= 15 is 0 Å². The van der Waals surface area contributed by atoms with E-state index in [1.165, 1.54) is 39.2 Å². The quantitative estimate of drug-likeness (QED) is 0.00559. The van der Waals surface area contributed by atoms with Gasteiger partial charge in [-0.05, 0) is 243 Å². The van der Waals surface area contributed by atoms with Crippen LogP contribution in [-0.4, -0.2) is 362 Å². The number of azide groups is 1. The van der Waals surface area contributed by atoms with E-state index in [1.807, 2.05) is 138 Å². The monoisotopic (exact) mass is 1980 g/mol. The van der Waals surface area contributed by atoms with Crippen LogP contribution in [0.4, 0.5) is 11.4 Å². The van der Waals surface area contributed by atoms with Crippen molar-refractivity contribution in [3.63, 3.8) is 0 Å². The Morgan fingerprint density at radius 2 is 0.879 bits per heavy atom. The van der Waals surface area contributed by atoms with E-state index < -0.39 is 198 Å². The lowest BCUT2D eigenvalue weighted by Crippen LogP contribution is -2.61. The van der Waals surface area contributed by atoms with Crippen LogP contribution in [0.3, 0.4) is 0 Å². The fraction of sp³-hybridized carbons (Fsp3) is 0.824. The number of nitrogens with two attached hydrogens (primary N) is 1. The van der Waals surface area contributed by atoms with Gasteiger partial charge in [0.05, 0.1) is 94.5 Å². The molecule has 6 aliphatic heterocycles. The number of ether oxygens (including phenoxy) is 12. The maximum absolute atomic E-state index is 14.5. The molecule has 10 rings (SSSR count). The summed E-state index contributed by atoms with van der Waals surface area (Å²) in [5, 5.41) is 140. The molecule has 6 fully saturated rings. The minimum atomic E-state index is -1.83. The van der Waals surface area contributed by atoms with Gasteiger partial charge in [0.2, 0.25) is 0 Å². The summed E-state index contributed by atoms with van der Waals surface area (Å²) in [6, 6.07) is 13.6. The first-order valence-electron chi connectivity index (χ1n) is 51.0. The number of nitrogen functional groups attached to an aromatic ring is 1. The Balaban J connectivity index is 0.000000313. The summed E-state index contributed by atoms with van der Waals surface area (Å²) >= 11 is 0. The third-order valence-corrected chi connectivity index (χ3v) is 31.1. The summed E-state index contributed by atoms with van der Waals surface area (Å²) in [6.45, 7) is 38.7. The SMILES string of the molecule is CC[C@H]1OC(=O)[C@H](C)[C@@H](O[C@H]2C[C@@](C)(OC)[C@@H](O)[C@H](C)O2)[C@H](C)[C@@H](O[C@@H]2O[C@H](C)C[C@H](N(C)CCc3cn(CCCCc4ccc(N)cc4)nn3)[C@H]2O)[C@](C)(O)C[C@@H](C)CN(C)[C@H](C)[C@@H](O)[C@]1(C)O.CC[C@H]1OC(=O)[C@H](C)[C@@H](O[C@H]2C[C@@](C)(OC)[C@@H](O)[C@H](C)O2)[C@H](C)[C@@H](O[C@@H]2O[C@H](C)C[C@H](N(C)CCc3cn(CCCCc4ccc(N=[N+]=[N-])cc4)nn3)[C@H]2O)[C@](C)(O)C[C@@H](C)CN(C)[C@H](C)[C@@H](O)[C@]1(C)O. The summed E-state index contributed by atoms with van der Waals surface area (Å²) in [4.78, 5) is 39.8. The topological polar surface area (TPSA) is 496 Å². The normalized spacial score (nSPS) is 39.8. The fourth-order valence-corrected chi connectivity index (χ4v) is 22.0. The van der Waals surface area contributed by atoms with Gasteiger partial charge in [0.1, 0.15) is 60.0 Å². The molecule has 0 bridgehead atoms. The lowest BCUT2D eigenvalue weighted by molar-refractivity contribution is -0.318. The van der Waals surface area contributed by atoms with Gasteiger partial charge in [-0.3, -0.25) is 19.0 Å². The van der Waals surface area contributed by atoms with E-state index in [9.17, 15) is 60.7 Å². The maximum Gasteiger partial charge on any atom is 0.311 e. The van der Waals surface area contributed by atoms with Crippen LogP contribution in [-0.2, 0) is 105 Å². The van der Waals surface area contributed by atoms with Gasteiger partial charge < -0.3 is 133 Å². The van der Waals surface area contributed by atoms with Gasteiger partial charge in [-0.25, -0.2) is 0 Å². The van der Waals surface area contributed by atoms with Crippen LogP contribution in [0.5, 0.6) is 0 Å². The molecule has 0 radical (unpaired) electrons. The van der Waals surface area contributed by atoms with Gasteiger partial charge in [0.25, 0.3) is 0 Å². The first-order valence-corrected chi connectivity index (χ1v) is 51.0. The van der Waals surface area contributed by atoms with E-state index in [1.54, 1.807) is 83.1 Å². The summed E-state index contributed by atoms with van der Waals surface area (Å²) in [5.74, 6) is -5.50. The summed E-state index contributed by atoms with van der Waals surface area (Å²) in [7, 11) is 10.6. The molecular weight excluding hydrogens is 1810 g/mol. The highest BCUT2D eigenvalue weighted by molar-refractivity contribution is 5.73. The standard InChI is InChI=1S/C51H86N8O12.C51H88N6O12/c1-14-40-51(10,65)44(61)34(6)58(12)28-30(2)26-49(8,64)46(32(4)43(33(5)47(63)69-40)70-41-27-50(9,66-13)45(62)35(7)68-41)71-48-42(60)39(25-31(3)67-48)57(11)24-22-38-29-59(56-54-38)23-16-15-17-36-18-20-37(21-19-36)53-55-52;1-14-40-51(10,63)44(59)34(6)56(12)28-30(2)26-49(8,62)46(32(4)43(33(5)47(61)67-40)68-41-27-50(9,64-13)45(60)35(7)66-41)69-48-42(58)39(25-31(3)65-48)55(11)24-22-38-29-57(54-53-38)23-16-15-17-36-18-20-37(52)21-19-36/h18-21,29-35,39-46,48,60-62,64-65H,14-17,22-28H2,1-13H3;18-21,29-35,39-46,48,58-60,62-63H,14-17,22-28,52H2,1-13H3/t2*30-,31-,32+,33-,34-,35+,39+,40-,41+,42-,43+,44-,45+,46-,48+,49-,50-,51-/m11/s1. The number of esters is 2. The number of aliphatic hydroxyl groups is 10. The zero-order chi connectivity index (χ0) is 104. The third kappa shape index (κ3) is 30.3. The summed E-state index contributed by atoms with van der Waals surface area (Å²) < 4.78 is 80.3. The number of hydrogen-bond donors (Lipinski definition) is 11. The van der Waals surface area contributed by atoms with Crippen molar-refractivity contribution in [1.82, 2.24) is 49.6 Å². The minimum absolute atomic E-state index is 0.104. The molecule has 6 aliphatic rings. The Hall–Kier alpha value is -6.19. The maximum atomic E-state index is 14.5. The molecule has 140 heavy (non-hydrogen) atoms. The van der Waals surface area contributed by atoms with Crippen LogP contribution in [0.15, 0.2) is 66.0 Å². The molecule has 0 saturated carbocycles. The number of aliphatic hydroxyl groups excluding tert-OH is 6. The van der Waals surface area contributed by atoms with Crippen molar-refractivity contribution in [1.29, 1.82) is 0 Å². The molecule has 796 valence electrons. The Morgan fingerprint density at radius 3 is 1.23 bits per heavy atom. The number of hydrogen-bond acceptors (Lipinski definition) is 34. The van der Waals surface area contributed by atoms with Crippen molar-refractivity contribution in [3.8, 4) is 0 Å². The number of aryl methyl sites for hydroxylation is 4. The fourth-order valence-electron chi connectivity index (χ4n) is 22.0. The van der Waals surface area contributed by atoms with Crippen molar-refractivity contribution in [3.05, 3.63) is 93.9 Å². The number of rotatable bonds is 31. The number of nitrogens with zero attached hydrogens (tertiary/aromatic N) is 13. The number of cyclic esters (lactones) is 2. The highest BCUT2D eigenvalue weighted by Crippen LogP contribution is 2.45. The molecule has 0 aliphatic carbocycles. The molecular formula is C102H174N14O24. The largest absolute Gasteiger partial charge is 0.459 e. The van der Waals surface area contributed by atoms with Crippen LogP contribution in [0.2, 0.25) is 0 Å². The zero-order valence-electron chi connectivity index (χ0n) is 88.2. The first-order chi connectivity index (χ1) is 65.7. The molecule has 0 spiro atoms. The van der Waals surface area contributed by atoms with E-state index in [0.717, 1.165) is 62.1 Å². The number of methoxy groups -OCH3 is 2. The Bertz CT molecular complexity index is 4460. The van der Waals surface area contributed by atoms with Gasteiger partial charge in [-0.1, -0.05) is 93.5 Å². The molecule has 8 heterocycles. The van der Waals surface area contributed by atoms with Crippen molar-refractivity contribution in [2.75, 3.05) is 74.3 Å². The molecule has 0 amide bonds. The smallest absolute Gasteiger partial charge is 0.311 e. The minimum Gasteiger partial charge on any atom is -0.459 e. The predicted octanol–water partition coefficient (Wildman–Crippen LogP) is 8.78. The van der Waals surface area contributed by atoms with E-state index in [0.29, 0.717) is 64.1 Å². The van der Waals surface area contributed by atoms with Crippen LogP contribution < -0.4 is 5.73 Å². The highest BCUT2D eigenvalue weighted by atomic mass is 16.7. The lowest BCUT2D eigenvalue weighted by atomic mass is 9.77. The Kier molecular flexibility index (Phi) is 43.1. The van der Waals surface area contributed by atoms with Crippen LogP contribution >= 0.6 is 0 Å². The van der Waals surface area contributed by atoms with Crippen LogP contribution in [0.1, 0.15) is 238 Å².